The van der Waals surface area contributed by atoms with Crippen LogP contribution in [0.2, 0.25) is 5.02 Å². The predicted molar refractivity (Wildman–Crippen MR) is 118 cm³/mol. The molecule has 1 N–H and O–H groups in total. The third kappa shape index (κ3) is 5.49. The molecule has 4 rings (SSSR count). The molecule has 0 spiro atoms. The maximum atomic E-state index is 12.8. The van der Waals surface area contributed by atoms with Gasteiger partial charge in [-0.15, -0.1) is 5.10 Å². The van der Waals surface area contributed by atoms with E-state index in [9.17, 15) is 9.59 Å². The monoisotopic (exact) mass is 437 g/mol. The number of nitrogens with one attached hydrogen (secondary N) is 1. The Hall–Kier alpha value is -3.19. The molecule has 1 atom stereocenters. The van der Waals surface area contributed by atoms with Crippen LogP contribution in [0.25, 0.3) is 0 Å². The fraction of sp³-hybridized carbons (Fsp3) is 0.304. The van der Waals surface area contributed by atoms with Crippen molar-refractivity contribution in [2.45, 2.75) is 38.4 Å². The van der Waals surface area contributed by atoms with Gasteiger partial charge in [-0.25, -0.2) is 4.68 Å². The van der Waals surface area contributed by atoms with Gasteiger partial charge in [-0.3, -0.25) is 9.59 Å². The maximum absolute atomic E-state index is 12.8. The van der Waals surface area contributed by atoms with Crippen molar-refractivity contribution >= 4 is 23.4 Å². The van der Waals surface area contributed by atoms with E-state index in [1.54, 1.807) is 16.9 Å². The maximum Gasteiger partial charge on any atom is 0.273 e. The summed E-state index contributed by atoms with van der Waals surface area (Å²) in [5, 5.41) is 11.6. The lowest BCUT2D eigenvalue weighted by Crippen LogP contribution is -2.39. The molecule has 1 aromatic heterocycles. The largest absolute Gasteiger partial charge is 0.347 e. The van der Waals surface area contributed by atoms with Crippen molar-refractivity contribution in [2.24, 2.45) is 0 Å². The normalized spacial score (nSPS) is 15.8. The first kappa shape index (κ1) is 21.1. The van der Waals surface area contributed by atoms with E-state index in [1.807, 2.05) is 53.4 Å². The third-order valence-corrected chi connectivity index (χ3v) is 5.64. The van der Waals surface area contributed by atoms with Gasteiger partial charge in [0.2, 0.25) is 5.91 Å². The average molecular weight is 438 g/mol. The highest BCUT2D eigenvalue weighted by Crippen LogP contribution is 2.21. The quantitative estimate of drug-likeness (QED) is 0.616. The van der Waals surface area contributed by atoms with E-state index in [0.29, 0.717) is 24.5 Å². The van der Waals surface area contributed by atoms with Crippen LogP contribution in [-0.2, 0) is 24.3 Å². The van der Waals surface area contributed by atoms with E-state index < -0.39 is 0 Å². The van der Waals surface area contributed by atoms with Crippen molar-refractivity contribution in [2.75, 3.05) is 6.54 Å². The molecule has 0 radical (unpaired) electrons. The number of hydrogen-bond acceptors (Lipinski definition) is 4. The van der Waals surface area contributed by atoms with Crippen LogP contribution in [0, 0.1) is 0 Å². The SMILES string of the molecule is O=C(NCc1ccccc1)c1cn(C[C@@H]2CCCN2C(=O)Cc2cccc(Cl)c2)nn1. The molecule has 1 aliphatic heterocycles. The van der Waals surface area contributed by atoms with E-state index in [-0.39, 0.29) is 23.6 Å². The van der Waals surface area contributed by atoms with Crippen molar-refractivity contribution in [1.29, 1.82) is 0 Å². The van der Waals surface area contributed by atoms with Gasteiger partial charge in [-0.05, 0) is 36.1 Å². The van der Waals surface area contributed by atoms with Crippen LogP contribution in [0.15, 0.2) is 60.8 Å². The first-order valence-corrected chi connectivity index (χ1v) is 10.7. The highest BCUT2D eigenvalue weighted by molar-refractivity contribution is 6.30. The molecule has 0 bridgehead atoms. The zero-order chi connectivity index (χ0) is 21.6. The van der Waals surface area contributed by atoms with Crippen LogP contribution in [0.4, 0.5) is 0 Å². The van der Waals surface area contributed by atoms with Gasteiger partial charge in [0.05, 0.1) is 25.2 Å². The molecule has 31 heavy (non-hydrogen) atoms. The molecule has 1 fully saturated rings. The number of carbonyl (C=O) groups excluding carboxylic acids is 2. The first-order valence-electron chi connectivity index (χ1n) is 10.3. The molecule has 2 heterocycles. The van der Waals surface area contributed by atoms with Gasteiger partial charge in [0.25, 0.3) is 5.91 Å². The molecule has 0 aliphatic carbocycles. The summed E-state index contributed by atoms with van der Waals surface area (Å²) in [6.45, 7) is 1.67. The van der Waals surface area contributed by atoms with Crippen molar-refractivity contribution in [3.63, 3.8) is 0 Å². The van der Waals surface area contributed by atoms with E-state index in [4.69, 9.17) is 11.6 Å². The Morgan fingerprint density at radius 2 is 1.90 bits per heavy atom. The summed E-state index contributed by atoms with van der Waals surface area (Å²) in [4.78, 5) is 27.1. The fourth-order valence-electron chi connectivity index (χ4n) is 3.85. The molecular formula is C23H24ClN5O2. The Balaban J connectivity index is 1.33. The minimum Gasteiger partial charge on any atom is -0.347 e. The Kier molecular flexibility index (Phi) is 6.62. The van der Waals surface area contributed by atoms with E-state index in [1.165, 1.54) is 0 Å². The molecular weight excluding hydrogens is 414 g/mol. The predicted octanol–water partition coefficient (Wildman–Crippen LogP) is 3.10. The lowest BCUT2D eigenvalue weighted by molar-refractivity contribution is -0.131. The van der Waals surface area contributed by atoms with Crippen molar-refractivity contribution in [1.82, 2.24) is 25.2 Å². The van der Waals surface area contributed by atoms with Crippen molar-refractivity contribution in [3.05, 3.63) is 82.6 Å². The number of rotatable bonds is 7. The van der Waals surface area contributed by atoms with Crippen LogP contribution in [-0.4, -0.2) is 44.3 Å². The zero-order valence-corrected chi connectivity index (χ0v) is 17.8. The van der Waals surface area contributed by atoms with Crippen LogP contribution >= 0.6 is 11.6 Å². The molecule has 0 unspecified atom stereocenters. The van der Waals surface area contributed by atoms with Crippen LogP contribution < -0.4 is 5.32 Å². The highest BCUT2D eigenvalue weighted by atomic mass is 35.5. The van der Waals surface area contributed by atoms with Gasteiger partial charge in [-0.1, -0.05) is 59.3 Å². The second kappa shape index (κ2) is 9.75. The molecule has 0 saturated carbocycles. The number of amides is 2. The minimum absolute atomic E-state index is 0.0358. The number of carbonyl (C=O) groups is 2. The van der Waals surface area contributed by atoms with Crippen LogP contribution in [0.5, 0.6) is 0 Å². The van der Waals surface area contributed by atoms with Crippen molar-refractivity contribution < 1.29 is 9.59 Å². The smallest absolute Gasteiger partial charge is 0.273 e. The molecule has 7 nitrogen and oxygen atoms in total. The van der Waals surface area contributed by atoms with Gasteiger partial charge < -0.3 is 10.2 Å². The number of nitrogens with zero attached hydrogens (tertiary/aromatic N) is 4. The van der Waals surface area contributed by atoms with E-state index in [2.05, 4.69) is 15.6 Å². The Labute approximate surface area is 186 Å². The van der Waals surface area contributed by atoms with E-state index in [0.717, 1.165) is 30.5 Å². The molecule has 2 aromatic carbocycles. The molecule has 3 aromatic rings. The Morgan fingerprint density at radius 3 is 2.71 bits per heavy atom. The number of likely N-dealkylation sites (tertiary alicyclic amines) is 1. The number of halogens is 1. The lowest BCUT2D eigenvalue weighted by atomic mass is 10.1. The highest BCUT2D eigenvalue weighted by Gasteiger charge is 2.29. The first-order chi connectivity index (χ1) is 15.1. The molecule has 1 aliphatic rings. The van der Waals surface area contributed by atoms with Crippen LogP contribution in [0.3, 0.4) is 0 Å². The van der Waals surface area contributed by atoms with Gasteiger partial charge in [0.1, 0.15) is 0 Å². The summed E-state index contributed by atoms with van der Waals surface area (Å²) in [5.41, 5.74) is 2.19. The summed E-state index contributed by atoms with van der Waals surface area (Å²) in [7, 11) is 0. The van der Waals surface area contributed by atoms with Gasteiger partial charge in [0.15, 0.2) is 5.69 Å². The van der Waals surface area contributed by atoms with Gasteiger partial charge >= 0.3 is 0 Å². The number of hydrogen-bond donors (Lipinski definition) is 1. The third-order valence-electron chi connectivity index (χ3n) is 5.41. The molecule has 2 amide bonds. The summed E-state index contributed by atoms with van der Waals surface area (Å²) >= 11 is 6.03. The average Bonchev–Trinajstić information content (AvgIpc) is 3.43. The molecule has 160 valence electrons. The van der Waals surface area contributed by atoms with Gasteiger partial charge in [0, 0.05) is 18.1 Å². The molecule has 1 saturated heterocycles. The summed E-state index contributed by atoms with van der Waals surface area (Å²) < 4.78 is 1.65. The van der Waals surface area contributed by atoms with E-state index >= 15 is 0 Å². The lowest BCUT2D eigenvalue weighted by Gasteiger charge is -2.24. The fourth-order valence-corrected chi connectivity index (χ4v) is 4.07. The minimum atomic E-state index is -0.268. The Bertz CT molecular complexity index is 1050. The zero-order valence-electron chi connectivity index (χ0n) is 17.1. The number of aromatic nitrogens is 3. The Morgan fingerprint density at radius 1 is 1.10 bits per heavy atom. The number of benzene rings is 2. The topological polar surface area (TPSA) is 80.1 Å². The standard InChI is InChI=1S/C23H24ClN5O2/c24-19-9-4-8-18(12-19)13-22(30)29-11-5-10-20(29)15-28-16-21(26-27-28)23(31)25-14-17-6-2-1-3-7-17/h1-4,6-9,12,16,20H,5,10-11,13-15H2,(H,25,31)/t20-/m0/s1. The molecule has 8 heteroatoms. The second-order valence-corrected chi connectivity index (χ2v) is 8.12. The summed E-state index contributed by atoms with van der Waals surface area (Å²) in [5.74, 6) is -0.193. The van der Waals surface area contributed by atoms with Crippen LogP contribution in [0.1, 0.15) is 34.5 Å². The van der Waals surface area contributed by atoms with Crippen molar-refractivity contribution in [3.8, 4) is 0 Å². The summed E-state index contributed by atoms with van der Waals surface area (Å²) in [6.07, 6.45) is 3.81. The summed E-state index contributed by atoms with van der Waals surface area (Å²) in [6, 6.07) is 17.1. The van der Waals surface area contributed by atoms with Gasteiger partial charge in [-0.2, -0.15) is 0 Å². The second-order valence-electron chi connectivity index (χ2n) is 7.68.